The zero-order valence-corrected chi connectivity index (χ0v) is 14.2. The summed E-state index contributed by atoms with van der Waals surface area (Å²) in [4.78, 5) is 2.40. The zero-order valence-electron chi connectivity index (χ0n) is 14.2. The summed E-state index contributed by atoms with van der Waals surface area (Å²) in [6.07, 6.45) is 2.09. The lowest BCUT2D eigenvalue weighted by Gasteiger charge is -2.31. The third-order valence-corrected chi connectivity index (χ3v) is 4.78. The molecule has 0 saturated carbocycles. The van der Waals surface area contributed by atoms with E-state index in [1.54, 1.807) is 6.07 Å². The van der Waals surface area contributed by atoms with Crippen LogP contribution in [0.4, 0.5) is 14.5 Å². The zero-order chi connectivity index (χ0) is 17.6. The number of hydrogen-bond donors (Lipinski definition) is 2. The molecular weight excluding hydrogens is 322 g/mol. The normalized spacial score (nSPS) is 16.1. The summed E-state index contributed by atoms with van der Waals surface area (Å²) in [6.45, 7) is 3.65. The van der Waals surface area contributed by atoms with E-state index in [4.69, 9.17) is 0 Å². The molecule has 5 heteroatoms. The molecule has 0 bridgehead atoms. The number of aliphatic hydroxyl groups is 1. The summed E-state index contributed by atoms with van der Waals surface area (Å²) in [6, 6.07) is 12.1. The van der Waals surface area contributed by atoms with Crippen molar-refractivity contribution < 1.29 is 13.9 Å². The fraction of sp³-hybridized carbons (Fsp3) is 0.400. The van der Waals surface area contributed by atoms with Crippen molar-refractivity contribution in [1.29, 1.82) is 0 Å². The predicted molar refractivity (Wildman–Crippen MR) is 95.2 cm³/mol. The molecule has 0 amide bonds. The molecule has 0 atom stereocenters. The van der Waals surface area contributed by atoms with Crippen LogP contribution < -0.4 is 5.32 Å². The fourth-order valence-electron chi connectivity index (χ4n) is 3.22. The van der Waals surface area contributed by atoms with Crippen LogP contribution in [-0.2, 0) is 13.1 Å². The Bertz CT molecular complexity index is 700. The molecule has 1 fully saturated rings. The summed E-state index contributed by atoms with van der Waals surface area (Å²) >= 11 is 0. The number of nitrogens with one attached hydrogen (secondary N) is 1. The Hall–Kier alpha value is -1.98. The van der Waals surface area contributed by atoms with Crippen molar-refractivity contribution in [3.63, 3.8) is 0 Å². The highest BCUT2D eigenvalue weighted by Crippen LogP contribution is 2.20. The monoisotopic (exact) mass is 346 g/mol. The number of halogens is 2. The first-order chi connectivity index (χ1) is 12.1. The summed E-state index contributed by atoms with van der Waals surface area (Å²) in [5, 5.41) is 12.5. The minimum absolute atomic E-state index is 0.289. The first-order valence-corrected chi connectivity index (χ1v) is 8.74. The highest BCUT2D eigenvalue weighted by molar-refractivity contribution is 5.46. The SMILES string of the molecule is OCC1CCN(Cc2cccc(NCc3ccc(F)c(F)c3)c2)CC1. The highest BCUT2D eigenvalue weighted by atomic mass is 19.2. The Labute approximate surface area is 147 Å². The second kappa shape index (κ2) is 8.41. The fourth-order valence-corrected chi connectivity index (χ4v) is 3.22. The van der Waals surface area contributed by atoms with Crippen LogP contribution in [0, 0.1) is 17.6 Å². The van der Waals surface area contributed by atoms with Gasteiger partial charge in [0.25, 0.3) is 0 Å². The molecule has 1 aliphatic heterocycles. The molecule has 3 rings (SSSR count). The van der Waals surface area contributed by atoms with Crippen molar-refractivity contribution in [2.24, 2.45) is 5.92 Å². The molecule has 2 aromatic rings. The van der Waals surface area contributed by atoms with Gasteiger partial charge in [0.15, 0.2) is 11.6 Å². The van der Waals surface area contributed by atoms with Gasteiger partial charge in [-0.25, -0.2) is 8.78 Å². The van der Waals surface area contributed by atoms with Gasteiger partial charge < -0.3 is 10.4 Å². The van der Waals surface area contributed by atoms with E-state index in [9.17, 15) is 13.9 Å². The molecule has 0 aliphatic carbocycles. The lowest BCUT2D eigenvalue weighted by molar-refractivity contribution is 0.127. The number of nitrogens with zero attached hydrogens (tertiary/aromatic N) is 1. The van der Waals surface area contributed by atoms with E-state index in [0.717, 1.165) is 44.2 Å². The van der Waals surface area contributed by atoms with Gasteiger partial charge in [0.05, 0.1) is 0 Å². The minimum Gasteiger partial charge on any atom is -0.396 e. The van der Waals surface area contributed by atoms with Crippen LogP contribution in [-0.4, -0.2) is 29.7 Å². The topological polar surface area (TPSA) is 35.5 Å². The lowest BCUT2D eigenvalue weighted by atomic mass is 9.97. The van der Waals surface area contributed by atoms with Crippen molar-refractivity contribution in [1.82, 2.24) is 4.90 Å². The van der Waals surface area contributed by atoms with Gasteiger partial charge in [-0.15, -0.1) is 0 Å². The molecule has 1 heterocycles. The van der Waals surface area contributed by atoms with E-state index in [-0.39, 0.29) is 6.61 Å². The second-order valence-electron chi connectivity index (χ2n) is 6.70. The van der Waals surface area contributed by atoms with Crippen LogP contribution in [0.1, 0.15) is 24.0 Å². The third kappa shape index (κ3) is 5.00. The predicted octanol–water partition coefficient (Wildman–Crippen LogP) is 3.78. The van der Waals surface area contributed by atoms with Crippen LogP contribution in [0.25, 0.3) is 0 Å². The summed E-state index contributed by atoms with van der Waals surface area (Å²) in [5.41, 5.74) is 2.89. The van der Waals surface area contributed by atoms with Crippen molar-refractivity contribution in [3.8, 4) is 0 Å². The van der Waals surface area contributed by atoms with E-state index >= 15 is 0 Å². The highest BCUT2D eigenvalue weighted by Gasteiger charge is 2.18. The quantitative estimate of drug-likeness (QED) is 0.836. The van der Waals surface area contributed by atoms with E-state index in [2.05, 4.69) is 22.3 Å². The first kappa shape index (κ1) is 17.8. The average molecular weight is 346 g/mol. The van der Waals surface area contributed by atoms with Crippen LogP contribution in [0.15, 0.2) is 42.5 Å². The summed E-state index contributed by atoms with van der Waals surface area (Å²) in [5.74, 6) is -1.20. The Morgan fingerprint density at radius 1 is 1.00 bits per heavy atom. The van der Waals surface area contributed by atoms with Gasteiger partial charge in [-0.2, -0.15) is 0 Å². The molecule has 0 spiro atoms. The maximum atomic E-state index is 13.3. The number of piperidine rings is 1. The third-order valence-electron chi connectivity index (χ3n) is 4.78. The Morgan fingerprint density at radius 3 is 2.52 bits per heavy atom. The van der Waals surface area contributed by atoms with Gasteiger partial charge in [-0.1, -0.05) is 18.2 Å². The van der Waals surface area contributed by atoms with E-state index < -0.39 is 11.6 Å². The van der Waals surface area contributed by atoms with E-state index in [1.165, 1.54) is 11.6 Å². The molecule has 2 N–H and O–H groups in total. The lowest BCUT2D eigenvalue weighted by Crippen LogP contribution is -2.34. The van der Waals surface area contributed by atoms with Gasteiger partial charge >= 0.3 is 0 Å². The van der Waals surface area contributed by atoms with E-state index in [1.807, 2.05) is 12.1 Å². The van der Waals surface area contributed by atoms with Crippen LogP contribution in [0.5, 0.6) is 0 Å². The maximum absolute atomic E-state index is 13.3. The van der Waals surface area contributed by atoms with Gasteiger partial charge in [0.1, 0.15) is 0 Å². The molecule has 25 heavy (non-hydrogen) atoms. The van der Waals surface area contributed by atoms with Gasteiger partial charge in [0, 0.05) is 25.4 Å². The largest absolute Gasteiger partial charge is 0.396 e. The minimum atomic E-state index is -0.823. The van der Waals surface area contributed by atoms with Crippen molar-refractivity contribution >= 4 is 5.69 Å². The number of anilines is 1. The average Bonchev–Trinajstić information content (AvgIpc) is 2.64. The standard InChI is InChI=1S/C20H24F2N2O/c21-19-5-4-16(11-20(19)22)12-23-18-3-1-2-17(10-18)13-24-8-6-15(14-25)7-9-24/h1-5,10-11,15,23,25H,6-9,12-14H2. The number of benzene rings is 2. The number of likely N-dealkylation sites (tertiary alicyclic amines) is 1. The van der Waals surface area contributed by atoms with Gasteiger partial charge in [-0.05, 0) is 67.2 Å². The number of hydrogen-bond acceptors (Lipinski definition) is 3. The van der Waals surface area contributed by atoms with Gasteiger partial charge in [0.2, 0.25) is 0 Å². The molecular formula is C20H24F2N2O. The molecule has 0 radical (unpaired) electrons. The second-order valence-corrected chi connectivity index (χ2v) is 6.70. The molecule has 0 unspecified atom stereocenters. The Morgan fingerprint density at radius 2 is 1.80 bits per heavy atom. The maximum Gasteiger partial charge on any atom is 0.159 e. The van der Waals surface area contributed by atoms with Crippen LogP contribution in [0.3, 0.4) is 0 Å². The van der Waals surface area contributed by atoms with Crippen LogP contribution in [0.2, 0.25) is 0 Å². The Balaban J connectivity index is 1.55. The molecule has 134 valence electrons. The van der Waals surface area contributed by atoms with Crippen LogP contribution >= 0.6 is 0 Å². The van der Waals surface area contributed by atoms with E-state index in [0.29, 0.717) is 18.0 Å². The van der Waals surface area contributed by atoms with Crippen molar-refractivity contribution in [2.75, 3.05) is 25.0 Å². The van der Waals surface area contributed by atoms with Crippen molar-refractivity contribution in [2.45, 2.75) is 25.9 Å². The number of rotatable bonds is 6. The first-order valence-electron chi connectivity index (χ1n) is 8.74. The Kier molecular flexibility index (Phi) is 6.00. The molecule has 2 aromatic carbocycles. The van der Waals surface area contributed by atoms with Crippen molar-refractivity contribution in [3.05, 3.63) is 65.2 Å². The van der Waals surface area contributed by atoms with Gasteiger partial charge in [-0.3, -0.25) is 4.90 Å². The summed E-state index contributed by atoms with van der Waals surface area (Å²) in [7, 11) is 0. The smallest absolute Gasteiger partial charge is 0.159 e. The molecule has 0 aromatic heterocycles. The molecule has 3 nitrogen and oxygen atoms in total. The summed E-state index contributed by atoms with van der Waals surface area (Å²) < 4.78 is 26.2. The number of aliphatic hydroxyl groups excluding tert-OH is 1. The molecule has 1 aliphatic rings. The molecule has 1 saturated heterocycles.